The lowest BCUT2D eigenvalue weighted by molar-refractivity contribution is 0.116. The zero-order valence-electron chi connectivity index (χ0n) is 17.1. The van der Waals surface area contributed by atoms with Crippen LogP contribution in [-0.2, 0) is 22.9 Å². The number of nitrogens with two attached hydrogens (primary N) is 1. The zero-order chi connectivity index (χ0) is 21.4. The molecule has 2 rings (SSSR count). The van der Waals surface area contributed by atoms with Crippen LogP contribution in [0.15, 0.2) is 59.5 Å². The Hall–Kier alpha value is -1.77. The summed E-state index contributed by atoms with van der Waals surface area (Å²) in [6, 6.07) is 15.5. The van der Waals surface area contributed by atoms with Crippen LogP contribution >= 0.6 is 0 Å². The van der Waals surface area contributed by atoms with Crippen LogP contribution in [0.25, 0.3) is 0 Å². The molecule has 0 saturated heterocycles. The summed E-state index contributed by atoms with van der Waals surface area (Å²) in [5.74, 6) is 0.0935. The van der Waals surface area contributed by atoms with Gasteiger partial charge in [0, 0.05) is 25.7 Å². The van der Waals surface area contributed by atoms with E-state index in [1.165, 1.54) is 4.31 Å². The van der Waals surface area contributed by atoms with Crippen LogP contribution in [0.3, 0.4) is 0 Å². The molecule has 0 amide bonds. The van der Waals surface area contributed by atoms with Crippen molar-refractivity contribution < 1.29 is 18.6 Å². The lowest BCUT2D eigenvalue weighted by Gasteiger charge is -2.28. The third-order valence-corrected chi connectivity index (χ3v) is 6.58. The predicted octanol–water partition coefficient (Wildman–Crippen LogP) is 1.80. The Kier molecular flexibility index (Phi) is 8.79. The second-order valence-corrected chi connectivity index (χ2v) is 9.69. The molecular formula is C22H32N2O4S. The second kappa shape index (κ2) is 10.8. The van der Waals surface area contributed by atoms with Crippen LogP contribution < -0.4 is 5.73 Å². The van der Waals surface area contributed by atoms with Crippen LogP contribution in [0.1, 0.15) is 25.0 Å². The molecule has 160 valence electrons. The highest BCUT2D eigenvalue weighted by molar-refractivity contribution is 7.89. The number of rotatable bonds is 11. The average molecular weight is 421 g/mol. The third kappa shape index (κ3) is 6.90. The Balaban J connectivity index is 2.16. The predicted molar refractivity (Wildman–Crippen MR) is 115 cm³/mol. The van der Waals surface area contributed by atoms with Gasteiger partial charge in [0.25, 0.3) is 0 Å². The first-order valence-electron chi connectivity index (χ1n) is 9.91. The fourth-order valence-electron chi connectivity index (χ4n) is 3.15. The monoisotopic (exact) mass is 420 g/mol. The van der Waals surface area contributed by atoms with Gasteiger partial charge in [-0.15, -0.1) is 0 Å². The molecule has 6 nitrogen and oxygen atoms in total. The molecule has 0 aliphatic rings. The van der Waals surface area contributed by atoms with E-state index in [1.807, 2.05) is 44.2 Å². The highest BCUT2D eigenvalue weighted by Crippen LogP contribution is 2.19. The van der Waals surface area contributed by atoms with E-state index in [0.29, 0.717) is 12.8 Å². The summed E-state index contributed by atoms with van der Waals surface area (Å²) < 4.78 is 27.7. The molecule has 0 radical (unpaired) electrons. The largest absolute Gasteiger partial charge is 0.396 e. The number of sulfonamides is 1. The van der Waals surface area contributed by atoms with Gasteiger partial charge in [-0.05, 0) is 42.0 Å². The van der Waals surface area contributed by atoms with Gasteiger partial charge in [0.2, 0.25) is 10.0 Å². The number of aliphatic hydroxyl groups excluding tert-OH is 2. The van der Waals surface area contributed by atoms with E-state index in [2.05, 4.69) is 0 Å². The molecule has 4 N–H and O–H groups in total. The average Bonchev–Trinajstić information content (AvgIpc) is 2.68. The molecule has 7 heteroatoms. The SMILES string of the molecule is CC(C)CN(CC(O)C(N)Cc1ccccc1)S(=O)(=O)c1ccc(CCO)cc1. The van der Waals surface area contributed by atoms with Crippen molar-refractivity contribution in [2.75, 3.05) is 19.7 Å². The molecule has 0 heterocycles. The van der Waals surface area contributed by atoms with Gasteiger partial charge >= 0.3 is 0 Å². The molecule has 0 spiro atoms. The lowest BCUT2D eigenvalue weighted by Crippen LogP contribution is -2.47. The number of hydrogen-bond donors (Lipinski definition) is 3. The van der Waals surface area contributed by atoms with Gasteiger partial charge < -0.3 is 15.9 Å². The van der Waals surface area contributed by atoms with Gasteiger partial charge in [0.05, 0.1) is 11.0 Å². The molecular weight excluding hydrogens is 388 g/mol. The van der Waals surface area contributed by atoms with E-state index in [-0.39, 0.29) is 30.5 Å². The van der Waals surface area contributed by atoms with Gasteiger partial charge in [-0.3, -0.25) is 0 Å². The van der Waals surface area contributed by atoms with Crippen molar-refractivity contribution in [2.45, 2.75) is 43.7 Å². The maximum Gasteiger partial charge on any atom is 0.243 e. The van der Waals surface area contributed by atoms with Gasteiger partial charge in [-0.2, -0.15) is 4.31 Å². The van der Waals surface area contributed by atoms with Gasteiger partial charge in [0.15, 0.2) is 0 Å². The maximum absolute atomic E-state index is 13.2. The van der Waals surface area contributed by atoms with E-state index >= 15 is 0 Å². The topological polar surface area (TPSA) is 104 Å². The van der Waals surface area contributed by atoms with Crippen molar-refractivity contribution in [3.8, 4) is 0 Å². The molecule has 0 fully saturated rings. The molecule has 2 atom stereocenters. The van der Waals surface area contributed by atoms with Gasteiger partial charge in [-0.25, -0.2) is 8.42 Å². The summed E-state index contributed by atoms with van der Waals surface area (Å²) in [5, 5.41) is 19.7. The van der Waals surface area contributed by atoms with Crippen molar-refractivity contribution >= 4 is 10.0 Å². The van der Waals surface area contributed by atoms with Crippen LogP contribution in [0, 0.1) is 5.92 Å². The van der Waals surface area contributed by atoms with E-state index < -0.39 is 22.2 Å². The highest BCUT2D eigenvalue weighted by Gasteiger charge is 2.29. The number of aliphatic hydroxyl groups is 2. The summed E-state index contributed by atoms with van der Waals surface area (Å²) in [6.07, 6.45) is -0.0475. The third-order valence-electron chi connectivity index (χ3n) is 4.73. The Labute approximate surface area is 174 Å². The van der Waals surface area contributed by atoms with E-state index in [9.17, 15) is 13.5 Å². The molecule has 29 heavy (non-hydrogen) atoms. The lowest BCUT2D eigenvalue weighted by atomic mass is 10.0. The summed E-state index contributed by atoms with van der Waals surface area (Å²) >= 11 is 0. The van der Waals surface area contributed by atoms with E-state index in [1.54, 1.807) is 24.3 Å². The molecule has 2 unspecified atom stereocenters. The number of hydrogen-bond acceptors (Lipinski definition) is 5. The van der Waals surface area contributed by atoms with Crippen LogP contribution in [0.5, 0.6) is 0 Å². The fraction of sp³-hybridized carbons (Fsp3) is 0.455. The molecule has 2 aromatic carbocycles. The maximum atomic E-state index is 13.2. The zero-order valence-corrected chi connectivity index (χ0v) is 17.9. The quantitative estimate of drug-likeness (QED) is 0.514. The Bertz CT molecular complexity index is 839. The molecule has 0 aliphatic carbocycles. The van der Waals surface area contributed by atoms with E-state index in [0.717, 1.165) is 11.1 Å². The van der Waals surface area contributed by atoms with Crippen molar-refractivity contribution in [3.05, 3.63) is 65.7 Å². The molecule has 0 bridgehead atoms. The van der Waals surface area contributed by atoms with Crippen molar-refractivity contribution in [1.82, 2.24) is 4.31 Å². The van der Waals surface area contributed by atoms with Gasteiger partial charge in [-0.1, -0.05) is 56.3 Å². The highest BCUT2D eigenvalue weighted by atomic mass is 32.2. The molecule has 0 saturated carbocycles. The normalized spacial score (nSPS) is 14.3. The van der Waals surface area contributed by atoms with Crippen LogP contribution in [-0.4, -0.2) is 54.8 Å². The molecule has 2 aromatic rings. The fourth-order valence-corrected chi connectivity index (χ4v) is 4.77. The first kappa shape index (κ1) is 23.5. The molecule has 0 aromatic heterocycles. The summed E-state index contributed by atoms with van der Waals surface area (Å²) in [4.78, 5) is 0.170. The van der Waals surface area contributed by atoms with Crippen molar-refractivity contribution in [1.29, 1.82) is 0 Å². The van der Waals surface area contributed by atoms with Crippen LogP contribution in [0.2, 0.25) is 0 Å². The minimum Gasteiger partial charge on any atom is -0.396 e. The van der Waals surface area contributed by atoms with Crippen molar-refractivity contribution in [2.24, 2.45) is 11.7 Å². The minimum absolute atomic E-state index is 0.0110. The van der Waals surface area contributed by atoms with Crippen LogP contribution in [0.4, 0.5) is 0 Å². The number of benzene rings is 2. The molecule has 0 aliphatic heterocycles. The summed E-state index contributed by atoms with van der Waals surface area (Å²) in [5.41, 5.74) is 8.03. The van der Waals surface area contributed by atoms with Gasteiger partial charge in [0.1, 0.15) is 0 Å². The Morgan fingerprint density at radius 1 is 0.966 bits per heavy atom. The smallest absolute Gasteiger partial charge is 0.243 e. The van der Waals surface area contributed by atoms with E-state index in [4.69, 9.17) is 10.8 Å². The van der Waals surface area contributed by atoms with Crippen molar-refractivity contribution in [3.63, 3.8) is 0 Å². The standard InChI is InChI=1S/C22H32N2O4S/c1-17(2)15-24(16-22(26)21(23)14-19-6-4-3-5-7-19)29(27,28)20-10-8-18(9-11-20)12-13-25/h3-11,17,21-22,25-26H,12-16,23H2,1-2H3. The minimum atomic E-state index is -3.77. The Morgan fingerprint density at radius 3 is 2.14 bits per heavy atom. The Morgan fingerprint density at radius 2 is 1.59 bits per heavy atom. The summed E-state index contributed by atoms with van der Waals surface area (Å²) in [7, 11) is -3.77. The summed E-state index contributed by atoms with van der Waals surface area (Å²) in [6.45, 7) is 4.10. The number of nitrogens with zero attached hydrogens (tertiary/aromatic N) is 1. The first-order chi connectivity index (χ1) is 13.7. The second-order valence-electron chi connectivity index (χ2n) is 7.75. The first-order valence-corrected chi connectivity index (χ1v) is 11.4.